The fourth-order valence-corrected chi connectivity index (χ4v) is 6.15. The molecule has 5 N–H and O–H groups in total. The van der Waals surface area contributed by atoms with E-state index < -0.39 is 36.2 Å². The lowest BCUT2D eigenvalue weighted by molar-refractivity contribution is -0.189. The minimum atomic E-state index is -1.44. The standard InChI is InChI=1S/C37H45N7O7/c1-5-18-42-24-32(46)43-30(20-25-14-16-29(45)17-15-25)34(48)41(23-31(43)44(42)35(49)38-21-26-10-7-6-8-11-26)22-27-12-9-13-28(19-27)33(47)39-40-36(50)51-37(2,3)4/h5-17,19,30-31,36,40,45,50H,1,18,20-24H2,2-4H3,(H,38,49)(H,39,47)/t30-,31-,36?/m0/s1. The van der Waals surface area contributed by atoms with Crippen molar-refractivity contribution in [2.24, 2.45) is 0 Å². The van der Waals surface area contributed by atoms with Gasteiger partial charge in [-0.05, 0) is 61.7 Å². The predicted octanol–water partition coefficient (Wildman–Crippen LogP) is 2.45. The summed E-state index contributed by atoms with van der Waals surface area (Å²) < 4.78 is 5.36. The molecule has 2 aliphatic heterocycles. The van der Waals surface area contributed by atoms with Gasteiger partial charge < -0.3 is 30.1 Å². The number of rotatable bonds is 12. The Hall–Kier alpha value is -5.28. The number of fused-ring (bicyclic) bond motifs is 1. The number of nitrogens with one attached hydrogen (secondary N) is 3. The quantitative estimate of drug-likeness (QED) is 0.108. The van der Waals surface area contributed by atoms with E-state index in [4.69, 9.17) is 4.74 Å². The van der Waals surface area contributed by atoms with Gasteiger partial charge in [-0.15, -0.1) is 6.58 Å². The Balaban J connectivity index is 1.42. The van der Waals surface area contributed by atoms with Gasteiger partial charge in [-0.3, -0.25) is 19.8 Å². The summed E-state index contributed by atoms with van der Waals surface area (Å²) in [5.74, 6) is -1.10. The van der Waals surface area contributed by atoms with Crippen molar-refractivity contribution in [2.75, 3.05) is 19.6 Å². The molecule has 270 valence electrons. The average molecular weight is 700 g/mol. The van der Waals surface area contributed by atoms with Crippen molar-refractivity contribution in [2.45, 2.75) is 64.5 Å². The second-order valence-corrected chi connectivity index (χ2v) is 13.4. The number of carbonyl (C=O) groups is 4. The maximum Gasteiger partial charge on any atom is 0.334 e. The van der Waals surface area contributed by atoms with Gasteiger partial charge in [0.15, 0.2) is 0 Å². The van der Waals surface area contributed by atoms with E-state index in [1.54, 1.807) is 73.2 Å². The van der Waals surface area contributed by atoms with Crippen LogP contribution in [-0.4, -0.2) is 97.6 Å². The third-order valence-corrected chi connectivity index (χ3v) is 8.37. The Kier molecular flexibility index (Phi) is 11.7. The molecule has 0 aliphatic carbocycles. The van der Waals surface area contributed by atoms with Crippen molar-refractivity contribution < 1.29 is 34.1 Å². The van der Waals surface area contributed by atoms with E-state index >= 15 is 0 Å². The van der Waals surface area contributed by atoms with Crippen LogP contribution in [0, 0.1) is 0 Å². The first kappa shape index (κ1) is 37.0. The average Bonchev–Trinajstić information content (AvgIpc) is 3.09. The van der Waals surface area contributed by atoms with Gasteiger partial charge in [-0.2, -0.15) is 5.43 Å². The Morgan fingerprint density at radius 1 is 1.00 bits per heavy atom. The van der Waals surface area contributed by atoms with Crippen molar-refractivity contribution in [1.29, 1.82) is 0 Å². The molecule has 0 spiro atoms. The molecule has 14 heteroatoms. The number of aromatic hydroxyl groups is 1. The van der Waals surface area contributed by atoms with Gasteiger partial charge >= 0.3 is 6.03 Å². The minimum absolute atomic E-state index is 0.00261. The van der Waals surface area contributed by atoms with Gasteiger partial charge in [0.1, 0.15) is 18.0 Å². The van der Waals surface area contributed by atoms with Crippen molar-refractivity contribution >= 4 is 23.8 Å². The number of aliphatic hydroxyl groups excluding tert-OH is 1. The van der Waals surface area contributed by atoms with E-state index in [2.05, 4.69) is 22.7 Å². The van der Waals surface area contributed by atoms with E-state index in [0.717, 1.165) is 11.1 Å². The number of amides is 5. The molecule has 2 saturated heterocycles. The molecule has 2 fully saturated rings. The van der Waals surface area contributed by atoms with Crippen LogP contribution in [0.15, 0.2) is 91.5 Å². The van der Waals surface area contributed by atoms with Crippen LogP contribution < -0.4 is 16.2 Å². The van der Waals surface area contributed by atoms with E-state index in [0.29, 0.717) is 5.56 Å². The van der Waals surface area contributed by atoms with Gasteiger partial charge in [0.2, 0.25) is 18.2 Å². The summed E-state index contributed by atoms with van der Waals surface area (Å²) in [6.45, 7) is 9.51. The molecule has 3 aromatic rings. The fraction of sp³-hybridized carbons (Fsp3) is 0.351. The topological polar surface area (TPSA) is 167 Å². The molecule has 0 aromatic heterocycles. The number of hydrazine groups is 2. The zero-order valence-electron chi connectivity index (χ0n) is 29.0. The molecule has 1 unspecified atom stereocenters. The van der Waals surface area contributed by atoms with Gasteiger partial charge in [-0.1, -0.05) is 60.7 Å². The molecule has 51 heavy (non-hydrogen) atoms. The first-order chi connectivity index (χ1) is 24.3. The normalized spacial score (nSPS) is 18.6. The molecular formula is C37H45N7O7. The number of benzene rings is 3. The SMILES string of the molecule is C=CCN1CC(=O)N2[C@@H](Cc3ccc(O)cc3)C(=O)N(Cc3cccc(C(=O)NNC(O)OC(C)(C)C)c3)C[C@@H]2N1C(=O)NCc1ccccc1. The zero-order valence-corrected chi connectivity index (χ0v) is 29.0. The highest BCUT2D eigenvalue weighted by Crippen LogP contribution is 2.30. The molecule has 3 atom stereocenters. The second-order valence-electron chi connectivity index (χ2n) is 13.4. The minimum Gasteiger partial charge on any atom is -0.508 e. The van der Waals surface area contributed by atoms with E-state index in [-0.39, 0.29) is 62.3 Å². The number of ether oxygens (including phenoxy) is 1. The number of phenols is 1. The molecule has 14 nitrogen and oxygen atoms in total. The van der Waals surface area contributed by atoms with E-state index in [1.165, 1.54) is 22.0 Å². The van der Waals surface area contributed by atoms with Crippen LogP contribution in [-0.2, 0) is 33.8 Å². The molecule has 2 heterocycles. The number of phenolic OH excluding ortho intramolecular Hbond substituents is 1. The molecular weight excluding hydrogens is 654 g/mol. The third-order valence-electron chi connectivity index (χ3n) is 8.37. The van der Waals surface area contributed by atoms with Crippen molar-refractivity contribution in [1.82, 2.24) is 36.0 Å². The Morgan fingerprint density at radius 2 is 1.71 bits per heavy atom. The smallest absolute Gasteiger partial charge is 0.334 e. The van der Waals surface area contributed by atoms with Crippen LogP contribution in [0.3, 0.4) is 0 Å². The van der Waals surface area contributed by atoms with Gasteiger partial charge in [0.05, 0.1) is 18.7 Å². The summed E-state index contributed by atoms with van der Waals surface area (Å²) in [5, 5.41) is 26.0. The monoisotopic (exact) mass is 699 g/mol. The highest BCUT2D eigenvalue weighted by atomic mass is 16.6. The third kappa shape index (κ3) is 9.49. The molecule has 0 saturated carbocycles. The lowest BCUT2D eigenvalue weighted by atomic mass is 9.98. The summed E-state index contributed by atoms with van der Waals surface area (Å²) >= 11 is 0. The maximum absolute atomic E-state index is 14.3. The van der Waals surface area contributed by atoms with Gasteiger partial charge in [0.25, 0.3) is 5.91 Å². The molecule has 0 bridgehead atoms. The summed E-state index contributed by atoms with van der Waals surface area (Å²) in [7, 11) is 0. The summed E-state index contributed by atoms with van der Waals surface area (Å²) in [4.78, 5) is 58.2. The van der Waals surface area contributed by atoms with Crippen LogP contribution in [0.4, 0.5) is 4.79 Å². The van der Waals surface area contributed by atoms with Crippen LogP contribution in [0.2, 0.25) is 0 Å². The fourth-order valence-electron chi connectivity index (χ4n) is 6.15. The second kappa shape index (κ2) is 16.2. The molecule has 0 radical (unpaired) electrons. The molecule has 5 amide bonds. The number of carbonyl (C=O) groups excluding carboxylic acids is 4. The van der Waals surface area contributed by atoms with Crippen LogP contribution >= 0.6 is 0 Å². The number of urea groups is 1. The highest BCUT2D eigenvalue weighted by molar-refractivity contribution is 5.94. The summed E-state index contributed by atoms with van der Waals surface area (Å²) in [6, 6.07) is 21.1. The van der Waals surface area contributed by atoms with Gasteiger partial charge in [-0.25, -0.2) is 14.8 Å². The zero-order chi connectivity index (χ0) is 36.7. The highest BCUT2D eigenvalue weighted by Gasteiger charge is 2.51. The van der Waals surface area contributed by atoms with Crippen LogP contribution in [0.25, 0.3) is 0 Å². The number of piperazine rings is 1. The Labute approximate surface area is 297 Å². The summed E-state index contributed by atoms with van der Waals surface area (Å²) in [6.07, 6.45) is -0.545. The molecule has 2 aliphatic rings. The van der Waals surface area contributed by atoms with Crippen molar-refractivity contribution in [3.63, 3.8) is 0 Å². The summed E-state index contributed by atoms with van der Waals surface area (Å²) in [5.41, 5.74) is 6.71. The number of hydrogen-bond donors (Lipinski definition) is 5. The molecule has 3 aromatic carbocycles. The Morgan fingerprint density at radius 3 is 2.39 bits per heavy atom. The molecule has 5 rings (SSSR count). The van der Waals surface area contributed by atoms with Crippen molar-refractivity contribution in [3.8, 4) is 5.75 Å². The first-order valence-electron chi connectivity index (χ1n) is 16.7. The number of hydrogen-bond acceptors (Lipinski definition) is 9. The number of aliphatic hydroxyl groups is 1. The maximum atomic E-state index is 14.3. The lowest BCUT2D eigenvalue weighted by Crippen LogP contribution is -2.76. The predicted molar refractivity (Wildman–Crippen MR) is 188 cm³/mol. The van der Waals surface area contributed by atoms with Crippen LogP contribution in [0.5, 0.6) is 5.75 Å². The van der Waals surface area contributed by atoms with Crippen LogP contribution in [0.1, 0.15) is 47.8 Å². The van der Waals surface area contributed by atoms with Crippen molar-refractivity contribution in [3.05, 3.63) is 114 Å². The van der Waals surface area contributed by atoms with E-state index in [9.17, 15) is 29.4 Å². The largest absolute Gasteiger partial charge is 0.508 e. The van der Waals surface area contributed by atoms with E-state index in [1.807, 2.05) is 30.3 Å². The number of nitrogens with zero attached hydrogens (tertiary/aromatic N) is 4. The van der Waals surface area contributed by atoms with Gasteiger partial charge in [0, 0.05) is 31.6 Å². The Bertz CT molecular complexity index is 1710. The lowest BCUT2D eigenvalue weighted by Gasteiger charge is -2.55. The first-order valence-corrected chi connectivity index (χ1v) is 16.7.